The summed E-state index contributed by atoms with van der Waals surface area (Å²) < 4.78 is 27.1. The van der Waals surface area contributed by atoms with Gasteiger partial charge in [0.15, 0.2) is 15.7 Å². The number of anilines is 1. The maximum absolute atomic E-state index is 12.9. The van der Waals surface area contributed by atoms with Crippen molar-refractivity contribution in [2.45, 2.75) is 50.7 Å². The SMILES string of the molecule is CCCn1nnnc1CS(=O)(=O)C(C)C(=O)N1CCCc2ccccc21. The van der Waals surface area contributed by atoms with Gasteiger partial charge in [0.2, 0.25) is 5.91 Å². The fourth-order valence-electron chi connectivity index (χ4n) is 3.15. The number of para-hydroxylation sites is 1. The number of carbonyl (C=O) groups excluding carboxylic acids is 1. The van der Waals surface area contributed by atoms with Crippen molar-refractivity contribution in [1.29, 1.82) is 0 Å². The molecule has 1 aliphatic rings. The van der Waals surface area contributed by atoms with E-state index in [0.29, 0.717) is 13.1 Å². The van der Waals surface area contributed by atoms with Gasteiger partial charge in [0.1, 0.15) is 11.0 Å². The average molecular weight is 377 g/mol. The number of sulfone groups is 1. The number of nitrogens with zero attached hydrogens (tertiary/aromatic N) is 5. The van der Waals surface area contributed by atoms with Crippen molar-refractivity contribution in [1.82, 2.24) is 20.2 Å². The minimum absolute atomic E-state index is 0.269. The van der Waals surface area contributed by atoms with Gasteiger partial charge in [-0.05, 0) is 48.2 Å². The second kappa shape index (κ2) is 7.53. The van der Waals surface area contributed by atoms with E-state index in [0.717, 1.165) is 30.5 Å². The molecule has 1 aromatic carbocycles. The molecule has 2 heterocycles. The minimum Gasteiger partial charge on any atom is -0.311 e. The number of aromatic nitrogens is 4. The lowest BCUT2D eigenvalue weighted by molar-refractivity contribution is -0.118. The molecule has 2 aromatic rings. The maximum Gasteiger partial charge on any atom is 0.245 e. The van der Waals surface area contributed by atoms with Crippen LogP contribution in [0.2, 0.25) is 0 Å². The molecule has 26 heavy (non-hydrogen) atoms. The van der Waals surface area contributed by atoms with Crippen molar-refractivity contribution in [3.8, 4) is 0 Å². The number of hydrogen-bond acceptors (Lipinski definition) is 6. The molecule has 0 aliphatic carbocycles. The molecule has 0 bridgehead atoms. The van der Waals surface area contributed by atoms with Gasteiger partial charge < -0.3 is 4.90 Å². The smallest absolute Gasteiger partial charge is 0.245 e. The Hall–Kier alpha value is -2.29. The molecular weight excluding hydrogens is 354 g/mol. The molecule has 1 aliphatic heterocycles. The number of benzene rings is 1. The van der Waals surface area contributed by atoms with Crippen molar-refractivity contribution in [2.24, 2.45) is 0 Å². The first-order valence-electron chi connectivity index (χ1n) is 8.80. The zero-order chi connectivity index (χ0) is 18.7. The van der Waals surface area contributed by atoms with Gasteiger partial charge in [-0.1, -0.05) is 25.1 Å². The molecule has 9 heteroatoms. The van der Waals surface area contributed by atoms with Crippen LogP contribution in [0.4, 0.5) is 5.69 Å². The number of carbonyl (C=O) groups is 1. The van der Waals surface area contributed by atoms with Gasteiger partial charge in [-0.2, -0.15) is 0 Å². The molecule has 3 rings (SSSR count). The Balaban J connectivity index is 1.81. The van der Waals surface area contributed by atoms with Crippen molar-refractivity contribution in [3.05, 3.63) is 35.7 Å². The van der Waals surface area contributed by atoms with E-state index in [-0.39, 0.29) is 11.6 Å². The summed E-state index contributed by atoms with van der Waals surface area (Å²) in [7, 11) is -3.73. The number of rotatable bonds is 6. The highest BCUT2D eigenvalue weighted by molar-refractivity contribution is 7.92. The van der Waals surface area contributed by atoms with Crippen LogP contribution in [0.25, 0.3) is 0 Å². The second-order valence-corrected chi connectivity index (χ2v) is 8.81. The lowest BCUT2D eigenvalue weighted by atomic mass is 10.0. The highest BCUT2D eigenvalue weighted by Gasteiger charge is 2.35. The van der Waals surface area contributed by atoms with Crippen LogP contribution in [0, 0.1) is 0 Å². The molecule has 1 atom stereocenters. The Morgan fingerprint density at radius 3 is 2.85 bits per heavy atom. The van der Waals surface area contributed by atoms with Gasteiger partial charge in [-0.15, -0.1) is 5.10 Å². The molecule has 0 saturated carbocycles. The number of amides is 1. The number of aryl methyl sites for hydroxylation is 2. The van der Waals surface area contributed by atoms with Crippen LogP contribution in [-0.2, 0) is 33.4 Å². The third-order valence-corrected chi connectivity index (χ3v) is 6.57. The number of hydrogen-bond donors (Lipinski definition) is 0. The molecule has 1 amide bonds. The first kappa shape index (κ1) is 18.5. The monoisotopic (exact) mass is 377 g/mol. The fraction of sp³-hybridized carbons (Fsp3) is 0.529. The number of fused-ring (bicyclic) bond motifs is 1. The zero-order valence-corrected chi connectivity index (χ0v) is 15.8. The molecule has 0 saturated heterocycles. The van der Waals surface area contributed by atoms with Gasteiger partial charge in [0, 0.05) is 18.8 Å². The van der Waals surface area contributed by atoms with Gasteiger partial charge in [0.05, 0.1) is 0 Å². The van der Waals surface area contributed by atoms with E-state index < -0.39 is 21.0 Å². The first-order chi connectivity index (χ1) is 12.4. The summed E-state index contributed by atoms with van der Waals surface area (Å²) in [6, 6.07) is 7.64. The molecular formula is C17H23N5O3S. The summed E-state index contributed by atoms with van der Waals surface area (Å²) in [5.41, 5.74) is 1.88. The summed E-state index contributed by atoms with van der Waals surface area (Å²) in [4.78, 5) is 14.5. The van der Waals surface area contributed by atoms with Gasteiger partial charge in [-0.25, -0.2) is 13.1 Å². The summed E-state index contributed by atoms with van der Waals surface area (Å²) in [5, 5.41) is 10.0. The van der Waals surface area contributed by atoms with Crippen molar-refractivity contribution < 1.29 is 13.2 Å². The summed E-state index contributed by atoms with van der Waals surface area (Å²) in [6.45, 7) is 4.48. The third kappa shape index (κ3) is 3.62. The lowest BCUT2D eigenvalue weighted by Gasteiger charge is -2.31. The van der Waals surface area contributed by atoms with Crippen LogP contribution in [0.3, 0.4) is 0 Å². The quantitative estimate of drug-likeness (QED) is 0.754. The van der Waals surface area contributed by atoms with Crippen molar-refractivity contribution in [2.75, 3.05) is 11.4 Å². The normalized spacial score (nSPS) is 15.5. The molecule has 0 radical (unpaired) electrons. The molecule has 1 aromatic heterocycles. The lowest BCUT2D eigenvalue weighted by Crippen LogP contribution is -2.44. The van der Waals surface area contributed by atoms with Crippen LogP contribution in [0.1, 0.15) is 38.1 Å². The Kier molecular flexibility index (Phi) is 5.36. The molecule has 0 N–H and O–H groups in total. The van der Waals surface area contributed by atoms with E-state index in [4.69, 9.17) is 0 Å². The number of tetrazole rings is 1. The molecule has 140 valence electrons. The third-order valence-electron chi connectivity index (χ3n) is 4.63. The van der Waals surface area contributed by atoms with Crippen LogP contribution in [0.5, 0.6) is 0 Å². The average Bonchev–Trinajstić information content (AvgIpc) is 3.06. The predicted octanol–water partition coefficient (Wildman–Crippen LogP) is 1.37. The van der Waals surface area contributed by atoms with Crippen LogP contribution < -0.4 is 4.90 Å². The molecule has 1 unspecified atom stereocenters. The Morgan fingerprint density at radius 1 is 1.31 bits per heavy atom. The molecule has 8 nitrogen and oxygen atoms in total. The Bertz CT molecular complexity index is 893. The summed E-state index contributed by atoms with van der Waals surface area (Å²) >= 11 is 0. The second-order valence-electron chi connectivity index (χ2n) is 6.49. The topological polar surface area (TPSA) is 98.0 Å². The fourth-order valence-corrected chi connectivity index (χ4v) is 4.40. The zero-order valence-electron chi connectivity index (χ0n) is 15.0. The standard InChI is InChI=1S/C17H23N5O3S/c1-3-10-22-16(18-19-20-22)12-26(24,25)13(2)17(23)21-11-6-8-14-7-4-5-9-15(14)21/h4-5,7,9,13H,3,6,8,10-12H2,1-2H3. The van der Waals surface area contributed by atoms with E-state index in [1.807, 2.05) is 31.2 Å². The Labute approximate surface area is 153 Å². The molecule has 0 fully saturated rings. The molecule has 0 spiro atoms. The predicted molar refractivity (Wildman–Crippen MR) is 97.3 cm³/mol. The van der Waals surface area contributed by atoms with E-state index in [1.165, 1.54) is 11.6 Å². The van der Waals surface area contributed by atoms with E-state index in [1.54, 1.807) is 4.90 Å². The van der Waals surface area contributed by atoms with E-state index in [9.17, 15) is 13.2 Å². The largest absolute Gasteiger partial charge is 0.311 e. The first-order valence-corrected chi connectivity index (χ1v) is 10.5. The van der Waals surface area contributed by atoms with Crippen LogP contribution in [0.15, 0.2) is 24.3 Å². The summed E-state index contributed by atoms with van der Waals surface area (Å²) in [6.07, 6.45) is 2.51. The van der Waals surface area contributed by atoms with Gasteiger partial charge in [-0.3, -0.25) is 4.79 Å². The minimum atomic E-state index is -3.73. The van der Waals surface area contributed by atoms with Crippen molar-refractivity contribution >= 4 is 21.4 Å². The van der Waals surface area contributed by atoms with Crippen molar-refractivity contribution in [3.63, 3.8) is 0 Å². The van der Waals surface area contributed by atoms with E-state index >= 15 is 0 Å². The summed E-state index contributed by atoms with van der Waals surface area (Å²) in [5.74, 6) is -0.472. The van der Waals surface area contributed by atoms with Crippen LogP contribution >= 0.6 is 0 Å². The highest BCUT2D eigenvalue weighted by Crippen LogP contribution is 2.28. The highest BCUT2D eigenvalue weighted by atomic mass is 32.2. The maximum atomic E-state index is 12.9. The van der Waals surface area contributed by atoms with Crippen LogP contribution in [-0.4, -0.2) is 46.3 Å². The Morgan fingerprint density at radius 2 is 2.08 bits per heavy atom. The van der Waals surface area contributed by atoms with Gasteiger partial charge >= 0.3 is 0 Å². The van der Waals surface area contributed by atoms with Gasteiger partial charge in [0.25, 0.3) is 0 Å². The van der Waals surface area contributed by atoms with E-state index in [2.05, 4.69) is 15.5 Å².